The van der Waals surface area contributed by atoms with Gasteiger partial charge in [0.2, 0.25) is 5.88 Å². The summed E-state index contributed by atoms with van der Waals surface area (Å²) in [5, 5.41) is -0.180. The van der Waals surface area contributed by atoms with Crippen LogP contribution in [0.2, 0.25) is 0 Å². The number of methoxy groups -OCH3 is 1. The summed E-state index contributed by atoms with van der Waals surface area (Å²) >= 11 is 6.23. The predicted octanol–water partition coefficient (Wildman–Crippen LogP) is 3.56. The van der Waals surface area contributed by atoms with Crippen LogP contribution in [-0.2, 0) is 11.3 Å². The quantitative estimate of drug-likeness (QED) is 0.552. The molecule has 5 nitrogen and oxygen atoms in total. The first-order chi connectivity index (χ1) is 10.2. The Morgan fingerprint density at radius 3 is 2.76 bits per heavy atom. The van der Waals surface area contributed by atoms with Crippen LogP contribution in [0.5, 0.6) is 5.88 Å². The summed E-state index contributed by atoms with van der Waals surface area (Å²) in [6.45, 7) is 6.16. The van der Waals surface area contributed by atoms with E-state index in [0.29, 0.717) is 19.0 Å². The summed E-state index contributed by atoms with van der Waals surface area (Å²) in [7, 11) is 1.60. The van der Waals surface area contributed by atoms with Gasteiger partial charge in [0, 0.05) is 19.2 Å². The average molecular weight is 312 g/mol. The minimum atomic E-state index is -0.180. The van der Waals surface area contributed by atoms with Gasteiger partial charge in [-0.1, -0.05) is 13.3 Å². The van der Waals surface area contributed by atoms with Crippen molar-refractivity contribution in [2.24, 2.45) is 0 Å². The molecule has 1 unspecified atom stereocenters. The highest BCUT2D eigenvalue weighted by atomic mass is 35.5. The molecule has 0 amide bonds. The lowest BCUT2D eigenvalue weighted by Crippen LogP contribution is -2.11. The van der Waals surface area contributed by atoms with Crippen molar-refractivity contribution in [1.82, 2.24) is 14.5 Å². The van der Waals surface area contributed by atoms with E-state index in [1.165, 1.54) is 0 Å². The maximum Gasteiger partial charge on any atom is 0.215 e. The van der Waals surface area contributed by atoms with Crippen LogP contribution in [0.15, 0.2) is 12.1 Å². The van der Waals surface area contributed by atoms with E-state index in [4.69, 9.17) is 21.1 Å². The Kier molecular flexibility index (Phi) is 5.82. The van der Waals surface area contributed by atoms with Gasteiger partial charge in [-0.2, -0.15) is 4.98 Å². The number of alkyl halides is 1. The van der Waals surface area contributed by atoms with Crippen molar-refractivity contribution >= 4 is 22.8 Å². The molecule has 0 N–H and O–H groups in total. The lowest BCUT2D eigenvalue weighted by atomic mass is 10.4. The van der Waals surface area contributed by atoms with Crippen molar-refractivity contribution in [2.45, 2.75) is 38.6 Å². The van der Waals surface area contributed by atoms with E-state index >= 15 is 0 Å². The molecule has 0 aliphatic carbocycles. The SMILES string of the molecule is CCCCOCCn1c(C(C)Cl)nc2ccc(OC)nc21. The highest BCUT2D eigenvalue weighted by Gasteiger charge is 2.16. The van der Waals surface area contributed by atoms with Gasteiger partial charge in [-0.25, -0.2) is 4.98 Å². The van der Waals surface area contributed by atoms with Crippen molar-refractivity contribution in [3.63, 3.8) is 0 Å². The molecule has 0 aliphatic heterocycles. The molecule has 0 spiro atoms. The number of fused-ring (bicyclic) bond motifs is 1. The van der Waals surface area contributed by atoms with E-state index in [2.05, 4.69) is 16.9 Å². The zero-order valence-electron chi connectivity index (χ0n) is 12.8. The summed E-state index contributed by atoms with van der Waals surface area (Å²) in [6, 6.07) is 3.71. The van der Waals surface area contributed by atoms with Crippen LogP contribution >= 0.6 is 11.6 Å². The molecule has 0 aliphatic rings. The Bertz CT molecular complexity index is 584. The number of pyridine rings is 1. The third-order valence-electron chi connectivity index (χ3n) is 3.26. The smallest absolute Gasteiger partial charge is 0.215 e. The Hall–Kier alpha value is -1.33. The molecule has 2 aromatic heterocycles. The van der Waals surface area contributed by atoms with Crippen LogP contribution < -0.4 is 4.74 Å². The summed E-state index contributed by atoms with van der Waals surface area (Å²) in [6.07, 6.45) is 2.21. The van der Waals surface area contributed by atoms with Gasteiger partial charge >= 0.3 is 0 Å². The molecule has 2 rings (SSSR count). The molecule has 21 heavy (non-hydrogen) atoms. The lowest BCUT2D eigenvalue weighted by Gasteiger charge is -2.10. The average Bonchev–Trinajstić information content (AvgIpc) is 2.85. The lowest BCUT2D eigenvalue weighted by molar-refractivity contribution is 0.123. The molecular weight excluding hydrogens is 290 g/mol. The van der Waals surface area contributed by atoms with Gasteiger partial charge in [-0.05, 0) is 19.4 Å². The van der Waals surface area contributed by atoms with E-state index in [0.717, 1.165) is 36.4 Å². The zero-order valence-corrected chi connectivity index (χ0v) is 13.6. The minimum absolute atomic E-state index is 0.180. The summed E-state index contributed by atoms with van der Waals surface area (Å²) in [5.41, 5.74) is 1.61. The van der Waals surface area contributed by atoms with E-state index in [-0.39, 0.29) is 5.38 Å². The number of ether oxygens (including phenoxy) is 2. The third-order valence-corrected chi connectivity index (χ3v) is 3.46. The second kappa shape index (κ2) is 7.61. The maximum absolute atomic E-state index is 6.23. The number of hydrogen-bond donors (Lipinski definition) is 0. The third kappa shape index (κ3) is 3.86. The number of halogens is 1. The fraction of sp³-hybridized carbons (Fsp3) is 0.600. The highest BCUT2D eigenvalue weighted by Crippen LogP contribution is 2.24. The van der Waals surface area contributed by atoms with Crippen molar-refractivity contribution in [1.29, 1.82) is 0 Å². The van der Waals surface area contributed by atoms with E-state index in [9.17, 15) is 0 Å². The van der Waals surface area contributed by atoms with Crippen LogP contribution in [0.1, 0.15) is 37.9 Å². The number of rotatable bonds is 8. The van der Waals surface area contributed by atoms with Crippen molar-refractivity contribution in [3.8, 4) is 5.88 Å². The monoisotopic (exact) mass is 311 g/mol. The van der Waals surface area contributed by atoms with Crippen LogP contribution in [0.3, 0.4) is 0 Å². The minimum Gasteiger partial charge on any atom is -0.481 e. The molecule has 0 saturated heterocycles. The Balaban J connectivity index is 2.22. The second-order valence-electron chi connectivity index (χ2n) is 4.90. The molecule has 1 atom stereocenters. The molecule has 2 heterocycles. The van der Waals surface area contributed by atoms with Crippen LogP contribution in [0.4, 0.5) is 0 Å². The fourth-order valence-electron chi connectivity index (χ4n) is 2.14. The van der Waals surface area contributed by atoms with E-state index in [1.54, 1.807) is 13.2 Å². The van der Waals surface area contributed by atoms with E-state index < -0.39 is 0 Å². The van der Waals surface area contributed by atoms with Crippen LogP contribution in [0.25, 0.3) is 11.2 Å². The Morgan fingerprint density at radius 1 is 1.29 bits per heavy atom. The Morgan fingerprint density at radius 2 is 2.10 bits per heavy atom. The van der Waals surface area contributed by atoms with Gasteiger partial charge in [0.05, 0.1) is 19.1 Å². The van der Waals surface area contributed by atoms with Crippen molar-refractivity contribution in [2.75, 3.05) is 20.3 Å². The Labute approximate surface area is 130 Å². The van der Waals surface area contributed by atoms with Gasteiger partial charge in [0.1, 0.15) is 11.3 Å². The zero-order chi connectivity index (χ0) is 15.2. The topological polar surface area (TPSA) is 49.2 Å². The molecule has 0 saturated carbocycles. The standard InChI is InChI=1S/C15H22ClN3O2/c1-4-5-9-21-10-8-19-14(11(2)16)17-12-6-7-13(20-3)18-15(12)19/h6-7,11H,4-5,8-10H2,1-3H3. The van der Waals surface area contributed by atoms with E-state index in [1.807, 2.05) is 17.6 Å². The summed E-state index contributed by atoms with van der Waals surface area (Å²) < 4.78 is 12.8. The number of hydrogen-bond acceptors (Lipinski definition) is 4. The van der Waals surface area contributed by atoms with Gasteiger partial charge in [-0.3, -0.25) is 0 Å². The maximum atomic E-state index is 6.23. The molecule has 0 radical (unpaired) electrons. The molecule has 2 aromatic rings. The molecule has 0 fully saturated rings. The molecule has 0 aromatic carbocycles. The van der Waals surface area contributed by atoms with Crippen LogP contribution in [-0.4, -0.2) is 34.9 Å². The number of aromatic nitrogens is 3. The highest BCUT2D eigenvalue weighted by molar-refractivity contribution is 6.20. The predicted molar refractivity (Wildman–Crippen MR) is 84.1 cm³/mol. The summed E-state index contributed by atoms with van der Waals surface area (Å²) in [4.78, 5) is 9.04. The van der Waals surface area contributed by atoms with Gasteiger partial charge in [0.15, 0.2) is 5.65 Å². The summed E-state index contributed by atoms with van der Waals surface area (Å²) in [5.74, 6) is 1.39. The number of imidazole rings is 1. The normalized spacial score (nSPS) is 12.8. The second-order valence-corrected chi connectivity index (χ2v) is 5.55. The fourth-order valence-corrected chi connectivity index (χ4v) is 2.31. The first kappa shape index (κ1) is 16.0. The van der Waals surface area contributed by atoms with Crippen molar-refractivity contribution in [3.05, 3.63) is 18.0 Å². The molecule has 116 valence electrons. The van der Waals surface area contributed by atoms with Crippen LogP contribution in [0, 0.1) is 0 Å². The molecule has 6 heteroatoms. The number of unbranched alkanes of at least 4 members (excludes halogenated alkanes) is 1. The van der Waals surface area contributed by atoms with Gasteiger partial charge < -0.3 is 14.0 Å². The first-order valence-corrected chi connectivity index (χ1v) is 7.74. The number of nitrogens with zero attached hydrogens (tertiary/aromatic N) is 3. The largest absolute Gasteiger partial charge is 0.481 e. The van der Waals surface area contributed by atoms with Gasteiger partial charge in [0.25, 0.3) is 0 Å². The first-order valence-electron chi connectivity index (χ1n) is 7.30. The van der Waals surface area contributed by atoms with Crippen molar-refractivity contribution < 1.29 is 9.47 Å². The molecular formula is C15H22ClN3O2. The van der Waals surface area contributed by atoms with Gasteiger partial charge in [-0.15, -0.1) is 11.6 Å². The molecule has 0 bridgehead atoms.